The van der Waals surface area contributed by atoms with Gasteiger partial charge in [0.15, 0.2) is 0 Å². The monoisotopic (exact) mass is 362 g/mol. The zero-order chi connectivity index (χ0) is 19.4. The summed E-state index contributed by atoms with van der Waals surface area (Å²) >= 11 is 0. The molecule has 0 aliphatic carbocycles. The number of hydrogen-bond acceptors (Lipinski definition) is 6. The van der Waals surface area contributed by atoms with Gasteiger partial charge < -0.3 is 10.4 Å². The van der Waals surface area contributed by atoms with E-state index < -0.39 is 34.3 Å². The first kappa shape index (κ1) is 18.9. The molecule has 0 saturated heterocycles. The van der Waals surface area contributed by atoms with E-state index in [1.165, 1.54) is 12.1 Å². The first-order valence-corrected chi connectivity index (χ1v) is 7.79. The first-order chi connectivity index (χ1) is 12.2. The fourth-order valence-electron chi connectivity index (χ4n) is 2.43. The Balaban J connectivity index is 2.01. The van der Waals surface area contributed by atoms with Crippen molar-refractivity contribution in [3.05, 3.63) is 51.3 Å². The number of aliphatic hydroxyl groups is 1. The summed E-state index contributed by atoms with van der Waals surface area (Å²) < 4.78 is 0. The summed E-state index contributed by atoms with van der Waals surface area (Å²) in [5.74, 6) is -2.60. The summed E-state index contributed by atoms with van der Waals surface area (Å²) in [6, 6.07) is 4.08. The van der Waals surface area contributed by atoms with Crippen molar-refractivity contribution in [1.82, 2.24) is 16.2 Å². The topological polar surface area (TPSA) is 151 Å². The van der Waals surface area contributed by atoms with Gasteiger partial charge in [0.2, 0.25) is 0 Å². The fraction of sp³-hybridized carbons (Fsp3) is 0.312. The van der Waals surface area contributed by atoms with Gasteiger partial charge in [-0.1, -0.05) is 13.8 Å². The molecule has 0 fully saturated rings. The third kappa shape index (κ3) is 4.15. The second-order valence-corrected chi connectivity index (χ2v) is 6.13. The van der Waals surface area contributed by atoms with E-state index in [9.17, 15) is 29.6 Å². The molecule has 1 atom stereocenters. The lowest BCUT2D eigenvalue weighted by atomic mass is 10.0. The molecule has 0 bridgehead atoms. The van der Waals surface area contributed by atoms with Crippen LogP contribution in [0.2, 0.25) is 0 Å². The highest BCUT2D eigenvalue weighted by Crippen LogP contribution is 2.20. The smallest absolute Gasteiger partial charge is 0.278 e. The Morgan fingerprint density at radius 3 is 2.35 bits per heavy atom. The van der Waals surface area contributed by atoms with Crippen molar-refractivity contribution >= 4 is 23.4 Å². The van der Waals surface area contributed by atoms with Crippen LogP contribution >= 0.6 is 0 Å². The molecule has 1 aliphatic heterocycles. The summed E-state index contributed by atoms with van der Waals surface area (Å²) in [4.78, 5) is 45.9. The Kier molecular flexibility index (Phi) is 5.55. The molecule has 10 nitrogen and oxygen atoms in total. The van der Waals surface area contributed by atoms with Gasteiger partial charge in [-0.3, -0.25) is 35.3 Å². The van der Waals surface area contributed by atoms with Gasteiger partial charge in [0.25, 0.3) is 23.4 Å². The molecule has 26 heavy (non-hydrogen) atoms. The SMILES string of the molecule is CC(C)CC1NC(=O)C(C(=O)NNC(=O)c2ccc([N+](=O)[O-])cc2)=C1O. The first-order valence-electron chi connectivity index (χ1n) is 7.79. The molecule has 1 aliphatic rings. The molecule has 1 aromatic carbocycles. The van der Waals surface area contributed by atoms with Crippen LogP contribution in [0.4, 0.5) is 5.69 Å². The molecule has 0 spiro atoms. The maximum atomic E-state index is 12.1. The predicted octanol–water partition coefficient (Wildman–Crippen LogP) is 0.712. The summed E-state index contributed by atoms with van der Waals surface area (Å²) in [5.41, 5.74) is 3.56. The Bertz CT molecular complexity index is 784. The molecular weight excluding hydrogens is 344 g/mol. The number of carbonyl (C=O) groups is 3. The molecule has 0 saturated carbocycles. The van der Waals surface area contributed by atoms with Crippen LogP contribution in [0.1, 0.15) is 30.6 Å². The molecule has 3 amide bonds. The van der Waals surface area contributed by atoms with Crippen molar-refractivity contribution in [2.75, 3.05) is 0 Å². The van der Waals surface area contributed by atoms with Crippen molar-refractivity contribution in [1.29, 1.82) is 0 Å². The Morgan fingerprint density at radius 1 is 1.23 bits per heavy atom. The number of aliphatic hydroxyl groups excluding tert-OH is 1. The average molecular weight is 362 g/mol. The van der Waals surface area contributed by atoms with Gasteiger partial charge >= 0.3 is 0 Å². The van der Waals surface area contributed by atoms with E-state index in [1.54, 1.807) is 0 Å². The quantitative estimate of drug-likeness (QED) is 0.344. The van der Waals surface area contributed by atoms with Gasteiger partial charge in [-0.25, -0.2) is 0 Å². The van der Waals surface area contributed by atoms with Gasteiger partial charge in [0, 0.05) is 17.7 Å². The number of hydrazine groups is 1. The van der Waals surface area contributed by atoms with Gasteiger partial charge in [0.1, 0.15) is 11.3 Å². The third-order valence-corrected chi connectivity index (χ3v) is 3.68. The second kappa shape index (κ2) is 7.64. The van der Waals surface area contributed by atoms with Crippen LogP contribution in [0.3, 0.4) is 0 Å². The van der Waals surface area contributed by atoms with Crippen molar-refractivity contribution in [3.63, 3.8) is 0 Å². The van der Waals surface area contributed by atoms with Gasteiger partial charge in [-0.15, -0.1) is 0 Å². The molecular formula is C16H18N4O6. The number of nitrogens with one attached hydrogen (secondary N) is 3. The highest BCUT2D eigenvalue weighted by atomic mass is 16.6. The third-order valence-electron chi connectivity index (χ3n) is 3.68. The van der Waals surface area contributed by atoms with Crippen LogP contribution in [0.25, 0.3) is 0 Å². The van der Waals surface area contributed by atoms with E-state index in [0.29, 0.717) is 6.42 Å². The number of nitro benzene ring substituents is 1. The normalized spacial score (nSPS) is 16.4. The lowest BCUT2D eigenvalue weighted by molar-refractivity contribution is -0.384. The number of nitrogens with zero attached hydrogens (tertiary/aromatic N) is 1. The number of carbonyl (C=O) groups excluding carboxylic acids is 3. The van der Waals surface area contributed by atoms with Crippen LogP contribution < -0.4 is 16.2 Å². The molecule has 4 N–H and O–H groups in total. The standard InChI is InChI=1S/C16H18N4O6/c1-8(2)7-11-13(21)12(15(23)17-11)16(24)19-18-14(22)9-3-5-10(6-4-9)20(25)26/h3-6,8,11,21H,7H2,1-2H3,(H,17,23)(H,18,22)(H,19,24). The average Bonchev–Trinajstić information content (AvgIpc) is 2.85. The van der Waals surface area contributed by atoms with Crippen LogP contribution in [0, 0.1) is 16.0 Å². The maximum absolute atomic E-state index is 12.1. The van der Waals surface area contributed by atoms with Crippen LogP contribution in [-0.4, -0.2) is 33.8 Å². The van der Waals surface area contributed by atoms with E-state index in [0.717, 1.165) is 12.1 Å². The van der Waals surface area contributed by atoms with E-state index >= 15 is 0 Å². The molecule has 1 unspecified atom stereocenters. The number of non-ortho nitro benzene ring substituents is 1. The number of amides is 3. The lowest BCUT2D eigenvalue weighted by Crippen LogP contribution is -2.43. The Morgan fingerprint density at radius 2 is 1.81 bits per heavy atom. The number of benzene rings is 1. The van der Waals surface area contributed by atoms with Crippen LogP contribution in [0.5, 0.6) is 0 Å². The number of hydrogen-bond donors (Lipinski definition) is 4. The second-order valence-electron chi connectivity index (χ2n) is 6.13. The molecule has 0 aromatic heterocycles. The predicted molar refractivity (Wildman–Crippen MR) is 89.7 cm³/mol. The Hall–Kier alpha value is -3.43. The van der Waals surface area contributed by atoms with E-state index in [-0.39, 0.29) is 22.9 Å². The Labute approximate surface area is 148 Å². The summed E-state index contributed by atoms with van der Waals surface area (Å²) in [6.07, 6.45) is 0.462. The summed E-state index contributed by atoms with van der Waals surface area (Å²) in [6.45, 7) is 3.81. The molecule has 1 aromatic rings. The number of rotatable bonds is 5. The zero-order valence-electron chi connectivity index (χ0n) is 14.1. The highest BCUT2D eigenvalue weighted by molar-refractivity contribution is 6.20. The van der Waals surface area contributed by atoms with Crippen molar-refractivity contribution in [2.45, 2.75) is 26.3 Å². The van der Waals surface area contributed by atoms with Crippen molar-refractivity contribution in [2.24, 2.45) is 5.92 Å². The van der Waals surface area contributed by atoms with Gasteiger partial charge in [0.05, 0.1) is 11.0 Å². The fourth-order valence-corrected chi connectivity index (χ4v) is 2.43. The minimum absolute atomic E-state index is 0.0719. The van der Waals surface area contributed by atoms with Crippen LogP contribution in [-0.2, 0) is 9.59 Å². The summed E-state index contributed by atoms with van der Waals surface area (Å²) in [5, 5.41) is 23.1. The largest absolute Gasteiger partial charge is 0.509 e. The van der Waals surface area contributed by atoms with Gasteiger partial charge in [-0.2, -0.15) is 0 Å². The van der Waals surface area contributed by atoms with Gasteiger partial charge in [-0.05, 0) is 24.5 Å². The zero-order valence-corrected chi connectivity index (χ0v) is 14.1. The van der Waals surface area contributed by atoms with E-state index in [2.05, 4.69) is 10.7 Å². The summed E-state index contributed by atoms with van der Waals surface area (Å²) in [7, 11) is 0. The van der Waals surface area contributed by atoms with Crippen molar-refractivity contribution < 1.29 is 24.4 Å². The minimum Gasteiger partial charge on any atom is -0.509 e. The highest BCUT2D eigenvalue weighted by Gasteiger charge is 2.36. The van der Waals surface area contributed by atoms with E-state index in [1.807, 2.05) is 19.3 Å². The molecule has 1 heterocycles. The van der Waals surface area contributed by atoms with Crippen LogP contribution in [0.15, 0.2) is 35.6 Å². The van der Waals surface area contributed by atoms with Crippen molar-refractivity contribution in [3.8, 4) is 0 Å². The van der Waals surface area contributed by atoms with E-state index in [4.69, 9.17) is 0 Å². The molecule has 10 heteroatoms. The number of nitro groups is 1. The maximum Gasteiger partial charge on any atom is 0.278 e. The minimum atomic E-state index is -0.957. The molecule has 138 valence electrons. The molecule has 2 rings (SSSR count). The lowest BCUT2D eigenvalue weighted by Gasteiger charge is -2.13. The molecule has 0 radical (unpaired) electrons.